The van der Waals surface area contributed by atoms with Crippen LogP contribution in [0, 0.1) is 0 Å². The van der Waals surface area contributed by atoms with E-state index in [1.165, 1.54) is 0 Å². The van der Waals surface area contributed by atoms with Crippen molar-refractivity contribution in [1.29, 1.82) is 0 Å². The predicted octanol–water partition coefficient (Wildman–Crippen LogP) is 1.42. The third-order valence-corrected chi connectivity index (χ3v) is 2.78. The number of rotatable bonds is 2. The van der Waals surface area contributed by atoms with E-state index in [-0.39, 0.29) is 0 Å². The Kier molecular flexibility index (Phi) is 2.71. The van der Waals surface area contributed by atoms with E-state index in [9.17, 15) is 9.90 Å². The highest BCUT2D eigenvalue weighted by Gasteiger charge is 2.34. The van der Waals surface area contributed by atoms with Crippen LogP contribution in [0.25, 0.3) is 5.57 Å². The Morgan fingerprint density at radius 2 is 1.93 bits per heavy atom. The van der Waals surface area contributed by atoms with Crippen LogP contribution in [0.5, 0.6) is 0 Å². The molecule has 2 N–H and O–H groups in total. The zero-order valence-corrected chi connectivity index (χ0v) is 8.68. The molecular formula is C10H9O4P. The van der Waals surface area contributed by atoms with Gasteiger partial charge in [-0.15, -0.1) is 0 Å². The van der Waals surface area contributed by atoms with Gasteiger partial charge in [0.1, 0.15) is 0 Å². The van der Waals surface area contributed by atoms with Gasteiger partial charge in [0.05, 0.1) is 14.4 Å². The van der Waals surface area contributed by atoms with Crippen LogP contribution in [-0.4, -0.2) is 21.8 Å². The van der Waals surface area contributed by atoms with Gasteiger partial charge in [-0.2, -0.15) is 0 Å². The molecule has 2 rings (SSSR count). The van der Waals surface area contributed by atoms with Gasteiger partial charge in [-0.25, -0.2) is 4.79 Å². The van der Waals surface area contributed by atoms with Crippen molar-refractivity contribution in [3.8, 4) is 0 Å². The van der Waals surface area contributed by atoms with E-state index in [4.69, 9.17) is 9.63 Å². The summed E-state index contributed by atoms with van der Waals surface area (Å²) in [6.07, 6.45) is 0. The number of aliphatic hydroxyl groups excluding tert-OH is 1. The van der Waals surface area contributed by atoms with E-state index in [2.05, 4.69) is 0 Å². The zero-order chi connectivity index (χ0) is 10.8. The number of aliphatic hydroxyl groups is 1. The van der Waals surface area contributed by atoms with Gasteiger partial charge in [0.15, 0.2) is 5.85 Å². The maximum atomic E-state index is 11.1. The Balaban J connectivity index is 2.46. The van der Waals surface area contributed by atoms with Crippen LogP contribution in [0.2, 0.25) is 0 Å². The van der Waals surface area contributed by atoms with Crippen molar-refractivity contribution in [2.75, 3.05) is 0 Å². The monoisotopic (exact) mass is 224 g/mol. The van der Waals surface area contributed by atoms with Gasteiger partial charge >= 0.3 is 5.97 Å². The average Bonchev–Trinajstić information content (AvgIpc) is 2.56. The molecule has 1 aliphatic heterocycles. The predicted molar refractivity (Wildman–Crippen MR) is 56.4 cm³/mol. The molecule has 0 aliphatic carbocycles. The van der Waals surface area contributed by atoms with Crippen molar-refractivity contribution in [2.24, 2.45) is 0 Å². The highest BCUT2D eigenvalue weighted by Crippen LogP contribution is 2.37. The lowest BCUT2D eigenvalue weighted by molar-refractivity contribution is -0.139. The van der Waals surface area contributed by atoms with Crippen molar-refractivity contribution < 1.29 is 19.5 Å². The fraction of sp³-hybridized carbons (Fsp3) is 0.100. The molecule has 5 heteroatoms. The topological polar surface area (TPSA) is 66.8 Å². The number of hydrogen-bond acceptors (Lipinski definition) is 4. The lowest BCUT2D eigenvalue weighted by atomic mass is 10.1. The summed E-state index contributed by atoms with van der Waals surface area (Å²) >= 11 is 0. The number of benzene rings is 1. The molecule has 2 unspecified atom stereocenters. The molecule has 0 aromatic heterocycles. The summed E-state index contributed by atoms with van der Waals surface area (Å²) < 4.78 is 4.79. The SMILES string of the molecule is O=C1OC(PO)C(c2ccccc2)=C1O. The van der Waals surface area contributed by atoms with Crippen LogP contribution >= 0.6 is 8.81 Å². The first-order valence-electron chi connectivity index (χ1n) is 4.33. The Morgan fingerprint density at radius 3 is 2.53 bits per heavy atom. The molecule has 78 valence electrons. The summed E-state index contributed by atoms with van der Waals surface area (Å²) in [6, 6.07) is 8.90. The quantitative estimate of drug-likeness (QED) is 0.589. The van der Waals surface area contributed by atoms with Crippen molar-refractivity contribution in [2.45, 2.75) is 5.85 Å². The normalized spacial score (nSPS) is 21.4. The van der Waals surface area contributed by atoms with Crippen molar-refractivity contribution in [3.63, 3.8) is 0 Å². The molecule has 0 spiro atoms. The summed E-state index contributed by atoms with van der Waals surface area (Å²) in [5.41, 5.74) is 1.05. The first-order chi connectivity index (χ1) is 7.24. The second-order valence-corrected chi connectivity index (χ2v) is 3.83. The van der Waals surface area contributed by atoms with Crippen LogP contribution in [0.4, 0.5) is 0 Å². The molecule has 15 heavy (non-hydrogen) atoms. The van der Waals surface area contributed by atoms with Crippen molar-refractivity contribution >= 4 is 20.4 Å². The molecule has 1 aromatic carbocycles. The Labute approximate surface area is 88.1 Å². The second-order valence-electron chi connectivity index (χ2n) is 3.04. The maximum Gasteiger partial charge on any atom is 0.374 e. The highest BCUT2D eigenvalue weighted by molar-refractivity contribution is 7.32. The molecule has 0 amide bonds. The molecule has 0 saturated carbocycles. The van der Waals surface area contributed by atoms with Crippen molar-refractivity contribution in [3.05, 3.63) is 41.7 Å². The lowest BCUT2D eigenvalue weighted by Gasteiger charge is -2.09. The number of ether oxygens (including phenoxy) is 1. The minimum absolute atomic E-state index is 0.362. The minimum atomic E-state index is -0.777. The summed E-state index contributed by atoms with van der Waals surface area (Å²) in [5.74, 6) is -1.92. The van der Waals surface area contributed by atoms with Crippen LogP contribution in [0.15, 0.2) is 36.1 Å². The van der Waals surface area contributed by atoms with Gasteiger partial charge in [0.2, 0.25) is 5.76 Å². The van der Waals surface area contributed by atoms with Gasteiger partial charge in [-0.05, 0) is 5.56 Å². The fourth-order valence-electron chi connectivity index (χ4n) is 1.45. The summed E-state index contributed by atoms with van der Waals surface area (Å²) in [7, 11) is -0.572. The first-order valence-corrected chi connectivity index (χ1v) is 5.35. The highest BCUT2D eigenvalue weighted by atomic mass is 31.1. The van der Waals surface area contributed by atoms with Gasteiger partial charge in [0.25, 0.3) is 0 Å². The third-order valence-electron chi connectivity index (χ3n) is 2.14. The van der Waals surface area contributed by atoms with E-state index in [1.807, 2.05) is 6.07 Å². The average molecular weight is 224 g/mol. The molecule has 0 fully saturated rings. The number of carbonyl (C=O) groups is 1. The van der Waals surface area contributed by atoms with Gasteiger partial charge in [-0.3, -0.25) is 0 Å². The van der Waals surface area contributed by atoms with Crippen LogP contribution in [-0.2, 0) is 9.53 Å². The molecule has 2 atom stereocenters. The molecule has 4 nitrogen and oxygen atoms in total. The van der Waals surface area contributed by atoms with Gasteiger partial charge < -0.3 is 14.7 Å². The van der Waals surface area contributed by atoms with E-state index >= 15 is 0 Å². The van der Waals surface area contributed by atoms with E-state index in [0.717, 1.165) is 0 Å². The maximum absolute atomic E-state index is 11.1. The standard InChI is InChI=1S/C10H9O4P/c11-8-7(6-4-2-1-3-5-6)10(15-13)14-9(8)12/h1-5,10-11,13,15H. The molecular weight excluding hydrogens is 215 g/mol. The fourth-order valence-corrected chi connectivity index (χ4v) is 2.04. The van der Waals surface area contributed by atoms with Crippen LogP contribution in [0.3, 0.4) is 0 Å². The number of carbonyl (C=O) groups excluding carboxylic acids is 1. The second kappa shape index (κ2) is 4.01. The van der Waals surface area contributed by atoms with Gasteiger partial charge in [0, 0.05) is 0 Å². The van der Waals surface area contributed by atoms with E-state index in [1.54, 1.807) is 24.3 Å². The lowest BCUT2D eigenvalue weighted by Crippen LogP contribution is -2.04. The molecule has 0 radical (unpaired) electrons. The summed E-state index contributed by atoms with van der Waals surface area (Å²) in [6.45, 7) is 0. The Morgan fingerprint density at radius 1 is 1.27 bits per heavy atom. The number of esters is 1. The van der Waals surface area contributed by atoms with E-state index < -0.39 is 26.4 Å². The number of hydrogen-bond donors (Lipinski definition) is 2. The summed E-state index contributed by atoms with van der Waals surface area (Å²) in [4.78, 5) is 20.1. The van der Waals surface area contributed by atoms with Crippen molar-refractivity contribution in [1.82, 2.24) is 0 Å². The van der Waals surface area contributed by atoms with Gasteiger partial charge in [-0.1, -0.05) is 30.3 Å². The van der Waals surface area contributed by atoms with Crippen LogP contribution in [0.1, 0.15) is 5.56 Å². The van der Waals surface area contributed by atoms with Crippen LogP contribution < -0.4 is 0 Å². The third kappa shape index (κ3) is 1.74. The zero-order valence-electron chi connectivity index (χ0n) is 7.68. The summed E-state index contributed by atoms with van der Waals surface area (Å²) in [5, 5.41) is 9.51. The molecule has 1 aliphatic rings. The Hall–Kier alpha value is -1.38. The first kappa shape index (κ1) is 10.1. The largest absolute Gasteiger partial charge is 0.502 e. The molecule has 0 bridgehead atoms. The smallest absolute Gasteiger partial charge is 0.374 e. The van der Waals surface area contributed by atoms with E-state index in [0.29, 0.717) is 11.1 Å². The minimum Gasteiger partial charge on any atom is -0.502 e. The Bertz CT molecular complexity index is 413. The molecule has 1 heterocycles. The molecule has 1 aromatic rings. The molecule has 0 saturated heterocycles. The number of cyclic esters (lactones) is 1.